The number of imidazole rings is 1. The zero-order chi connectivity index (χ0) is 14.0. The maximum absolute atomic E-state index is 12.1. The summed E-state index contributed by atoms with van der Waals surface area (Å²) in [6.45, 7) is 5.72. The molecule has 5 heteroatoms. The molecule has 2 aromatic rings. The topological polar surface area (TPSA) is 44.1 Å². The van der Waals surface area contributed by atoms with Gasteiger partial charge < -0.3 is 4.74 Å². The number of carbonyl (C=O) groups is 1. The quantitative estimate of drug-likeness (QED) is 0.809. The molecule has 1 aromatic carbocycles. The number of aromatic nitrogens is 2. The molecule has 0 N–H and O–H groups in total. The molecule has 0 aliphatic carbocycles. The highest BCUT2D eigenvalue weighted by Crippen LogP contribution is 2.25. The van der Waals surface area contributed by atoms with Gasteiger partial charge in [-0.1, -0.05) is 23.7 Å². The average molecular weight is 279 g/mol. The number of halogens is 1. The van der Waals surface area contributed by atoms with E-state index in [1.54, 1.807) is 24.5 Å². The van der Waals surface area contributed by atoms with Crippen molar-refractivity contribution < 1.29 is 9.53 Å². The lowest BCUT2D eigenvalue weighted by Crippen LogP contribution is -2.13. The number of ether oxygens (including phenoxy) is 1. The van der Waals surface area contributed by atoms with E-state index in [2.05, 4.69) is 4.98 Å². The monoisotopic (exact) mass is 278 g/mol. The molecule has 1 heterocycles. The number of rotatable bonds is 3. The van der Waals surface area contributed by atoms with Crippen LogP contribution in [0.25, 0.3) is 5.69 Å². The lowest BCUT2D eigenvalue weighted by atomic mass is 10.2. The number of esters is 1. The number of carbonyl (C=O) groups excluding carboxylic acids is 1. The number of hydrogen-bond acceptors (Lipinski definition) is 3. The fourth-order valence-electron chi connectivity index (χ4n) is 2.04. The molecule has 4 nitrogen and oxygen atoms in total. The smallest absolute Gasteiger partial charge is 0.357 e. The van der Waals surface area contributed by atoms with Crippen LogP contribution in [0.1, 0.15) is 28.9 Å². The molecule has 0 bridgehead atoms. The standard InChI is InChI=1S/C14H15ClN2O2/c1-4-19-14(18)13-9(2)16-10(3)17(13)12-8-6-5-7-11(12)15/h5-8H,4H2,1-3H3. The summed E-state index contributed by atoms with van der Waals surface area (Å²) in [6, 6.07) is 7.33. The summed E-state index contributed by atoms with van der Waals surface area (Å²) in [5.74, 6) is 0.314. The van der Waals surface area contributed by atoms with Crippen LogP contribution in [-0.2, 0) is 4.74 Å². The van der Waals surface area contributed by atoms with Crippen molar-refractivity contribution in [3.05, 3.63) is 46.5 Å². The highest BCUT2D eigenvalue weighted by Gasteiger charge is 2.22. The van der Waals surface area contributed by atoms with Gasteiger partial charge in [-0.25, -0.2) is 9.78 Å². The van der Waals surface area contributed by atoms with Crippen molar-refractivity contribution >= 4 is 17.6 Å². The van der Waals surface area contributed by atoms with E-state index in [0.717, 1.165) is 5.69 Å². The minimum atomic E-state index is -0.388. The van der Waals surface area contributed by atoms with Gasteiger partial charge >= 0.3 is 5.97 Å². The van der Waals surface area contributed by atoms with E-state index in [1.807, 2.05) is 25.1 Å². The number of aryl methyl sites for hydroxylation is 2. The number of para-hydroxylation sites is 1. The molecule has 0 aliphatic rings. The third-order valence-corrected chi connectivity index (χ3v) is 3.10. The fraction of sp³-hybridized carbons (Fsp3) is 0.286. The third kappa shape index (κ3) is 2.49. The van der Waals surface area contributed by atoms with Crippen molar-refractivity contribution in [3.8, 4) is 5.69 Å². The molecule has 0 saturated carbocycles. The van der Waals surface area contributed by atoms with Crippen LogP contribution in [0.5, 0.6) is 0 Å². The minimum Gasteiger partial charge on any atom is -0.461 e. The van der Waals surface area contributed by atoms with Crippen LogP contribution in [0.3, 0.4) is 0 Å². The molecule has 1 aromatic heterocycles. The molecule has 0 radical (unpaired) electrons. The van der Waals surface area contributed by atoms with Crippen molar-refractivity contribution in [1.29, 1.82) is 0 Å². The Balaban J connectivity index is 2.64. The Bertz CT molecular complexity index is 620. The Morgan fingerprint density at radius 2 is 2.05 bits per heavy atom. The van der Waals surface area contributed by atoms with Crippen LogP contribution in [0.4, 0.5) is 0 Å². The molecule has 0 amide bonds. The summed E-state index contributed by atoms with van der Waals surface area (Å²) in [5, 5.41) is 0.563. The molecular weight excluding hydrogens is 264 g/mol. The Morgan fingerprint density at radius 1 is 1.37 bits per heavy atom. The Kier molecular flexibility index (Phi) is 3.90. The normalized spacial score (nSPS) is 10.5. The molecule has 0 saturated heterocycles. The number of nitrogens with zero attached hydrogens (tertiary/aromatic N) is 2. The van der Waals surface area contributed by atoms with Gasteiger partial charge in [0.15, 0.2) is 5.69 Å². The number of benzene rings is 1. The van der Waals surface area contributed by atoms with Crippen LogP contribution < -0.4 is 0 Å². The molecule has 0 fully saturated rings. The summed E-state index contributed by atoms with van der Waals surface area (Å²) >= 11 is 6.19. The summed E-state index contributed by atoms with van der Waals surface area (Å²) < 4.78 is 6.81. The van der Waals surface area contributed by atoms with Crippen LogP contribution in [-0.4, -0.2) is 22.1 Å². The van der Waals surface area contributed by atoms with E-state index >= 15 is 0 Å². The molecular formula is C14H15ClN2O2. The van der Waals surface area contributed by atoms with Crippen LogP contribution >= 0.6 is 11.6 Å². The maximum Gasteiger partial charge on any atom is 0.357 e. The van der Waals surface area contributed by atoms with Gasteiger partial charge in [0.1, 0.15) is 5.82 Å². The first-order valence-electron chi connectivity index (χ1n) is 6.04. The predicted molar refractivity (Wildman–Crippen MR) is 74.0 cm³/mol. The second-order valence-electron chi connectivity index (χ2n) is 4.10. The van der Waals surface area contributed by atoms with Gasteiger partial charge in [0.05, 0.1) is 23.0 Å². The Hall–Kier alpha value is -1.81. The highest BCUT2D eigenvalue weighted by molar-refractivity contribution is 6.32. The summed E-state index contributed by atoms with van der Waals surface area (Å²) in [4.78, 5) is 16.4. The first kappa shape index (κ1) is 13.6. The first-order valence-corrected chi connectivity index (χ1v) is 6.42. The zero-order valence-electron chi connectivity index (χ0n) is 11.1. The summed E-state index contributed by atoms with van der Waals surface area (Å²) in [5.41, 5.74) is 1.79. The molecule has 0 aliphatic heterocycles. The van der Waals surface area contributed by atoms with Gasteiger partial charge in [-0.05, 0) is 32.9 Å². The van der Waals surface area contributed by atoms with Crippen molar-refractivity contribution in [2.24, 2.45) is 0 Å². The van der Waals surface area contributed by atoms with Crippen molar-refractivity contribution in [1.82, 2.24) is 9.55 Å². The van der Waals surface area contributed by atoms with Gasteiger partial charge in [-0.15, -0.1) is 0 Å². The van der Waals surface area contributed by atoms with Crippen LogP contribution in [0.2, 0.25) is 5.02 Å². The van der Waals surface area contributed by atoms with E-state index in [-0.39, 0.29) is 5.97 Å². The molecule has 0 spiro atoms. The van der Waals surface area contributed by atoms with Crippen molar-refractivity contribution in [2.75, 3.05) is 6.61 Å². The second kappa shape index (κ2) is 5.45. The SMILES string of the molecule is CCOC(=O)c1c(C)nc(C)n1-c1ccccc1Cl. The lowest BCUT2D eigenvalue weighted by Gasteiger charge is -2.11. The Morgan fingerprint density at radius 3 is 2.68 bits per heavy atom. The largest absolute Gasteiger partial charge is 0.461 e. The molecule has 0 unspecified atom stereocenters. The molecule has 2 rings (SSSR count). The van der Waals surface area contributed by atoms with E-state index in [0.29, 0.717) is 28.8 Å². The zero-order valence-corrected chi connectivity index (χ0v) is 11.9. The first-order chi connectivity index (χ1) is 9.06. The fourth-order valence-corrected chi connectivity index (χ4v) is 2.26. The van der Waals surface area contributed by atoms with Crippen LogP contribution in [0.15, 0.2) is 24.3 Å². The predicted octanol–water partition coefficient (Wildman–Crippen LogP) is 3.32. The van der Waals surface area contributed by atoms with Gasteiger partial charge in [0, 0.05) is 0 Å². The van der Waals surface area contributed by atoms with Crippen molar-refractivity contribution in [2.45, 2.75) is 20.8 Å². The van der Waals surface area contributed by atoms with E-state index in [4.69, 9.17) is 16.3 Å². The van der Waals surface area contributed by atoms with E-state index < -0.39 is 0 Å². The molecule has 19 heavy (non-hydrogen) atoms. The molecule has 0 atom stereocenters. The van der Waals surface area contributed by atoms with Gasteiger partial charge in [-0.3, -0.25) is 4.57 Å². The van der Waals surface area contributed by atoms with Gasteiger partial charge in [-0.2, -0.15) is 0 Å². The average Bonchev–Trinajstić information content (AvgIpc) is 2.65. The maximum atomic E-state index is 12.1. The molecule has 100 valence electrons. The van der Waals surface area contributed by atoms with Crippen LogP contribution in [0, 0.1) is 13.8 Å². The Labute approximate surface area is 117 Å². The summed E-state index contributed by atoms with van der Waals surface area (Å²) in [7, 11) is 0. The second-order valence-corrected chi connectivity index (χ2v) is 4.51. The van der Waals surface area contributed by atoms with E-state index in [1.165, 1.54) is 0 Å². The highest BCUT2D eigenvalue weighted by atomic mass is 35.5. The van der Waals surface area contributed by atoms with Gasteiger partial charge in [0.25, 0.3) is 0 Å². The lowest BCUT2D eigenvalue weighted by molar-refractivity contribution is 0.0516. The van der Waals surface area contributed by atoms with Gasteiger partial charge in [0.2, 0.25) is 0 Å². The minimum absolute atomic E-state index is 0.324. The number of hydrogen-bond donors (Lipinski definition) is 0. The van der Waals surface area contributed by atoms with Crippen molar-refractivity contribution in [3.63, 3.8) is 0 Å². The third-order valence-electron chi connectivity index (χ3n) is 2.78. The van der Waals surface area contributed by atoms with E-state index in [9.17, 15) is 4.79 Å². The summed E-state index contributed by atoms with van der Waals surface area (Å²) in [6.07, 6.45) is 0.